The molecule has 1 saturated carbocycles. The van der Waals surface area contributed by atoms with Crippen molar-refractivity contribution >= 4 is 23.4 Å². The van der Waals surface area contributed by atoms with E-state index >= 15 is 0 Å². The van der Waals surface area contributed by atoms with Crippen molar-refractivity contribution in [3.05, 3.63) is 34.9 Å². The van der Waals surface area contributed by atoms with E-state index in [1.165, 1.54) is 37.0 Å². The maximum absolute atomic E-state index is 5.89. The fourth-order valence-corrected chi connectivity index (χ4v) is 4.06. The van der Waals surface area contributed by atoms with Crippen LogP contribution in [0, 0.1) is 5.92 Å². The Labute approximate surface area is 120 Å². The lowest BCUT2D eigenvalue weighted by atomic mass is 10.0. The van der Waals surface area contributed by atoms with E-state index in [4.69, 9.17) is 11.6 Å². The number of hydrogen-bond acceptors (Lipinski definition) is 2. The third kappa shape index (κ3) is 4.18. The lowest BCUT2D eigenvalue weighted by Crippen LogP contribution is -2.34. The molecule has 1 nitrogen and oxygen atoms in total. The van der Waals surface area contributed by atoms with Crippen LogP contribution >= 0.6 is 23.4 Å². The summed E-state index contributed by atoms with van der Waals surface area (Å²) in [6.45, 7) is 0. The average molecular weight is 284 g/mol. The Bertz CT molecular complexity index is 346. The van der Waals surface area contributed by atoms with Crippen LogP contribution in [0.15, 0.2) is 24.3 Å². The number of thioether (sulfide) groups is 1. The van der Waals surface area contributed by atoms with Gasteiger partial charge >= 0.3 is 0 Å². The minimum absolute atomic E-state index is 0.685. The van der Waals surface area contributed by atoms with Gasteiger partial charge in [0.2, 0.25) is 0 Å². The second-order valence-electron chi connectivity index (χ2n) is 5.08. The Kier molecular flexibility index (Phi) is 5.87. The Morgan fingerprint density at radius 2 is 1.94 bits per heavy atom. The van der Waals surface area contributed by atoms with Crippen LogP contribution in [0.4, 0.5) is 0 Å². The van der Waals surface area contributed by atoms with Gasteiger partial charge in [0.1, 0.15) is 0 Å². The molecule has 1 atom stereocenters. The molecule has 1 N–H and O–H groups in total. The zero-order valence-corrected chi connectivity index (χ0v) is 12.6. The SMILES string of the molecule is CNC(CSCc1ccc(Cl)cc1)C1CCCC1. The molecule has 0 amide bonds. The second kappa shape index (κ2) is 7.42. The number of benzene rings is 1. The summed E-state index contributed by atoms with van der Waals surface area (Å²) in [5.74, 6) is 3.19. The summed E-state index contributed by atoms with van der Waals surface area (Å²) in [4.78, 5) is 0. The molecule has 1 aromatic rings. The van der Waals surface area contributed by atoms with Crippen molar-refractivity contribution in [2.45, 2.75) is 37.5 Å². The van der Waals surface area contributed by atoms with Crippen LogP contribution in [0.1, 0.15) is 31.2 Å². The third-order valence-corrected chi connectivity index (χ3v) is 5.20. The summed E-state index contributed by atoms with van der Waals surface area (Å²) >= 11 is 7.91. The van der Waals surface area contributed by atoms with Gasteiger partial charge < -0.3 is 5.32 Å². The molecule has 1 fully saturated rings. The molecule has 2 rings (SSSR count). The molecule has 0 aliphatic heterocycles. The number of halogens is 1. The van der Waals surface area contributed by atoms with E-state index in [9.17, 15) is 0 Å². The van der Waals surface area contributed by atoms with Crippen LogP contribution < -0.4 is 5.32 Å². The Morgan fingerprint density at radius 1 is 1.28 bits per heavy atom. The van der Waals surface area contributed by atoms with Gasteiger partial charge in [-0.2, -0.15) is 11.8 Å². The number of nitrogens with one attached hydrogen (secondary N) is 1. The third-order valence-electron chi connectivity index (χ3n) is 3.82. The molecule has 0 saturated heterocycles. The molecule has 100 valence electrons. The summed E-state index contributed by atoms with van der Waals surface area (Å²) in [7, 11) is 2.10. The molecule has 3 heteroatoms. The van der Waals surface area contributed by atoms with Gasteiger partial charge in [0.05, 0.1) is 0 Å². The van der Waals surface area contributed by atoms with Gasteiger partial charge in [-0.05, 0) is 43.5 Å². The molecule has 0 spiro atoms. The molecule has 1 unspecified atom stereocenters. The predicted octanol–water partition coefficient (Wildman–Crippen LogP) is 4.35. The highest BCUT2D eigenvalue weighted by atomic mass is 35.5. The molecule has 1 aromatic carbocycles. The van der Waals surface area contributed by atoms with Crippen molar-refractivity contribution in [2.24, 2.45) is 5.92 Å². The van der Waals surface area contributed by atoms with Crippen molar-refractivity contribution < 1.29 is 0 Å². The molecule has 0 bridgehead atoms. The van der Waals surface area contributed by atoms with Gasteiger partial charge in [-0.3, -0.25) is 0 Å². The van der Waals surface area contributed by atoms with Gasteiger partial charge in [0.15, 0.2) is 0 Å². The monoisotopic (exact) mass is 283 g/mol. The highest BCUT2D eigenvalue weighted by molar-refractivity contribution is 7.98. The Morgan fingerprint density at radius 3 is 2.56 bits per heavy atom. The van der Waals surface area contributed by atoms with E-state index < -0.39 is 0 Å². The van der Waals surface area contributed by atoms with Crippen LogP contribution in [-0.2, 0) is 5.75 Å². The van der Waals surface area contributed by atoms with Gasteiger partial charge in [-0.1, -0.05) is 36.6 Å². The summed E-state index contributed by atoms with van der Waals surface area (Å²) < 4.78 is 0. The fraction of sp³-hybridized carbons (Fsp3) is 0.600. The van der Waals surface area contributed by atoms with Crippen LogP contribution in [0.2, 0.25) is 5.02 Å². The van der Waals surface area contributed by atoms with Crippen molar-refractivity contribution in [1.29, 1.82) is 0 Å². The highest BCUT2D eigenvalue weighted by Gasteiger charge is 2.23. The summed E-state index contributed by atoms with van der Waals surface area (Å²) in [5, 5.41) is 4.32. The van der Waals surface area contributed by atoms with Gasteiger partial charge in [0.25, 0.3) is 0 Å². The molecular weight excluding hydrogens is 262 g/mol. The van der Waals surface area contributed by atoms with E-state index in [-0.39, 0.29) is 0 Å². The summed E-state index contributed by atoms with van der Waals surface area (Å²) in [6.07, 6.45) is 5.66. The van der Waals surface area contributed by atoms with Crippen LogP contribution in [0.3, 0.4) is 0 Å². The standard InChI is InChI=1S/C15H22ClNS/c1-17-15(13-4-2-3-5-13)11-18-10-12-6-8-14(16)9-7-12/h6-9,13,15,17H,2-5,10-11H2,1H3. The zero-order valence-electron chi connectivity index (χ0n) is 11.0. The normalized spacial score (nSPS) is 18.1. The van der Waals surface area contributed by atoms with Gasteiger partial charge in [-0.25, -0.2) is 0 Å². The molecule has 0 radical (unpaired) electrons. The van der Waals surface area contributed by atoms with E-state index in [2.05, 4.69) is 24.5 Å². The first-order chi connectivity index (χ1) is 8.79. The van der Waals surface area contributed by atoms with Crippen LogP contribution in [0.5, 0.6) is 0 Å². The number of hydrogen-bond donors (Lipinski definition) is 1. The van der Waals surface area contributed by atoms with Crippen molar-refractivity contribution in [3.8, 4) is 0 Å². The van der Waals surface area contributed by atoms with E-state index in [0.29, 0.717) is 6.04 Å². The molecule has 0 heterocycles. The quantitative estimate of drug-likeness (QED) is 0.833. The van der Waals surface area contributed by atoms with E-state index in [1.54, 1.807) is 0 Å². The van der Waals surface area contributed by atoms with Crippen molar-refractivity contribution in [2.75, 3.05) is 12.8 Å². The smallest absolute Gasteiger partial charge is 0.0406 e. The predicted molar refractivity (Wildman–Crippen MR) is 82.4 cm³/mol. The zero-order chi connectivity index (χ0) is 12.8. The van der Waals surface area contributed by atoms with Gasteiger partial charge in [-0.15, -0.1) is 0 Å². The molecule has 1 aliphatic rings. The minimum Gasteiger partial charge on any atom is -0.316 e. The van der Waals surface area contributed by atoms with E-state index in [0.717, 1.165) is 16.7 Å². The fourth-order valence-electron chi connectivity index (χ4n) is 2.70. The van der Waals surface area contributed by atoms with Crippen LogP contribution in [-0.4, -0.2) is 18.8 Å². The van der Waals surface area contributed by atoms with Crippen molar-refractivity contribution in [3.63, 3.8) is 0 Å². The van der Waals surface area contributed by atoms with Gasteiger partial charge in [0, 0.05) is 22.6 Å². The summed E-state index contributed by atoms with van der Waals surface area (Å²) in [5.41, 5.74) is 1.37. The minimum atomic E-state index is 0.685. The first-order valence-corrected chi connectivity index (χ1v) is 8.32. The molecular formula is C15H22ClNS. The lowest BCUT2D eigenvalue weighted by Gasteiger charge is -2.22. The maximum Gasteiger partial charge on any atom is 0.0406 e. The molecule has 0 aromatic heterocycles. The Hall–Kier alpha value is -0.180. The molecule has 1 aliphatic carbocycles. The van der Waals surface area contributed by atoms with Crippen LogP contribution in [0.25, 0.3) is 0 Å². The first-order valence-electron chi connectivity index (χ1n) is 6.79. The second-order valence-corrected chi connectivity index (χ2v) is 6.55. The highest BCUT2D eigenvalue weighted by Crippen LogP contribution is 2.29. The largest absolute Gasteiger partial charge is 0.316 e. The lowest BCUT2D eigenvalue weighted by molar-refractivity contribution is 0.410. The van der Waals surface area contributed by atoms with E-state index in [1.807, 2.05) is 23.9 Å². The molecule has 18 heavy (non-hydrogen) atoms. The summed E-state index contributed by atoms with van der Waals surface area (Å²) in [6, 6.07) is 8.89. The average Bonchev–Trinajstić information content (AvgIpc) is 2.91. The number of rotatable bonds is 6. The first kappa shape index (κ1) is 14.2. The Balaban J connectivity index is 1.74. The topological polar surface area (TPSA) is 12.0 Å². The van der Waals surface area contributed by atoms with Crippen molar-refractivity contribution in [1.82, 2.24) is 5.32 Å². The maximum atomic E-state index is 5.89.